The summed E-state index contributed by atoms with van der Waals surface area (Å²) in [4.78, 5) is 2.29. The number of hydrogen-bond donors (Lipinski definition) is 1. The Kier molecular flexibility index (Phi) is 3.12. The van der Waals surface area contributed by atoms with Crippen molar-refractivity contribution in [3.63, 3.8) is 0 Å². The Labute approximate surface area is 116 Å². The third-order valence-electron chi connectivity index (χ3n) is 3.95. The molecule has 1 fully saturated rings. The van der Waals surface area contributed by atoms with Gasteiger partial charge < -0.3 is 14.7 Å². The van der Waals surface area contributed by atoms with Gasteiger partial charge in [0, 0.05) is 23.0 Å². The van der Waals surface area contributed by atoms with Crippen LogP contribution in [0.4, 0.5) is 0 Å². The third kappa shape index (κ3) is 2.17. The second kappa shape index (κ2) is 4.51. The van der Waals surface area contributed by atoms with E-state index < -0.39 is 6.10 Å². The first-order chi connectivity index (χ1) is 8.58. The quantitative estimate of drug-likeness (QED) is 0.799. The second-order valence-corrected chi connectivity index (χ2v) is 6.44. The molecule has 0 aliphatic carbocycles. The van der Waals surface area contributed by atoms with E-state index in [0.717, 1.165) is 41.7 Å². The number of aliphatic hydroxyl groups is 1. The largest absolute Gasteiger partial charge is 0.485 e. The predicted octanol–water partition coefficient (Wildman–Crippen LogP) is 2.73. The van der Waals surface area contributed by atoms with Crippen LogP contribution in [0.3, 0.4) is 0 Å². The minimum atomic E-state index is -0.419. The second-order valence-electron chi connectivity index (χ2n) is 5.53. The minimum Gasteiger partial charge on any atom is -0.485 e. The molecule has 0 radical (unpaired) electrons. The van der Waals surface area contributed by atoms with E-state index in [2.05, 4.69) is 27.9 Å². The van der Waals surface area contributed by atoms with E-state index in [-0.39, 0.29) is 5.60 Å². The van der Waals surface area contributed by atoms with Crippen molar-refractivity contribution in [1.29, 1.82) is 0 Å². The van der Waals surface area contributed by atoms with Crippen LogP contribution in [0.2, 0.25) is 0 Å². The number of benzene rings is 1. The maximum absolute atomic E-state index is 10.4. The van der Waals surface area contributed by atoms with Crippen molar-refractivity contribution in [3.05, 3.63) is 28.2 Å². The van der Waals surface area contributed by atoms with Crippen LogP contribution in [0, 0.1) is 0 Å². The Hall–Kier alpha value is -0.580. The van der Waals surface area contributed by atoms with Crippen LogP contribution in [0.1, 0.15) is 30.9 Å². The van der Waals surface area contributed by atoms with Gasteiger partial charge in [-0.05, 0) is 44.6 Å². The number of halogens is 1. The maximum Gasteiger partial charge on any atom is 0.126 e. The smallest absolute Gasteiger partial charge is 0.126 e. The summed E-state index contributed by atoms with van der Waals surface area (Å²) in [5.74, 6) is 0.840. The molecular formula is C14H18BrNO2. The van der Waals surface area contributed by atoms with Crippen LogP contribution in [0.25, 0.3) is 0 Å². The minimum absolute atomic E-state index is 0.201. The summed E-state index contributed by atoms with van der Waals surface area (Å²) in [5, 5.41) is 10.4. The summed E-state index contributed by atoms with van der Waals surface area (Å²) in [6.45, 7) is 2.02. The number of aliphatic hydroxyl groups excluding tert-OH is 1. The first-order valence-corrected chi connectivity index (χ1v) is 7.22. The Morgan fingerprint density at radius 1 is 1.50 bits per heavy atom. The van der Waals surface area contributed by atoms with E-state index in [9.17, 15) is 5.11 Å². The lowest BCUT2D eigenvalue weighted by Crippen LogP contribution is -2.52. The van der Waals surface area contributed by atoms with Gasteiger partial charge in [0.1, 0.15) is 11.4 Å². The zero-order chi connectivity index (χ0) is 12.8. The summed E-state index contributed by atoms with van der Waals surface area (Å²) >= 11 is 3.44. The number of likely N-dealkylation sites (N-methyl/N-ethyl adjacent to an activating group) is 1. The zero-order valence-corrected chi connectivity index (χ0v) is 12.1. The number of piperidine rings is 1. The van der Waals surface area contributed by atoms with Crippen molar-refractivity contribution < 1.29 is 9.84 Å². The Balaban J connectivity index is 1.93. The Morgan fingerprint density at radius 3 is 3.11 bits per heavy atom. The van der Waals surface area contributed by atoms with Crippen LogP contribution in [0.5, 0.6) is 5.75 Å². The number of likely N-dealkylation sites (tertiary alicyclic amines) is 1. The van der Waals surface area contributed by atoms with Gasteiger partial charge in [-0.15, -0.1) is 0 Å². The molecule has 4 heteroatoms. The Morgan fingerprint density at radius 2 is 2.33 bits per heavy atom. The van der Waals surface area contributed by atoms with E-state index in [1.165, 1.54) is 0 Å². The fourth-order valence-electron chi connectivity index (χ4n) is 3.18. The van der Waals surface area contributed by atoms with E-state index in [1.807, 2.05) is 18.2 Å². The fraction of sp³-hybridized carbons (Fsp3) is 0.571. The van der Waals surface area contributed by atoms with Gasteiger partial charge in [-0.1, -0.05) is 15.9 Å². The standard InChI is InChI=1S/C14H18BrNO2/c1-16-6-2-5-14(9-16)8-12(17)11-7-10(15)3-4-13(11)18-14/h3-4,7,12,17H,2,5-6,8-9H2,1H3/t12-,14?/m1/s1. The average Bonchev–Trinajstić information content (AvgIpc) is 2.30. The molecule has 1 unspecified atom stereocenters. The van der Waals surface area contributed by atoms with Crippen molar-refractivity contribution in [1.82, 2.24) is 4.90 Å². The monoisotopic (exact) mass is 311 g/mol. The Bertz CT molecular complexity index is 465. The summed E-state index contributed by atoms with van der Waals surface area (Å²) in [6.07, 6.45) is 2.44. The first kappa shape index (κ1) is 12.5. The van der Waals surface area contributed by atoms with Crippen LogP contribution < -0.4 is 4.74 Å². The highest BCUT2D eigenvalue weighted by Gasteiger charge is 2.42. The van der Waals surface area contributed by atoms with E-state index in [1.54, 1.807) is 0 Å². The van der Waals surface area contributed by atoms with Crippen LogP contribution in [-0.2, 0) is 0 Å². The first-order valence-electron chi connectivity index (χ1n) is 6.43. The molecule has 0 saturated carbocycles. The van der Waals surface area contributed by atoms with Gasteiger partial charge in [-0.2, -0.15) is 0 Å². The molecule has 1 aromatic carbocycles. The molecular weight excluding hydrogens is 294 g/mol. The van der Waals surface area contributed by atoms with Gasteiger partial charge in [0.05, 0.1) is 6.10 Å². The summed E-state index contributed by atoms with van der Waals surface area (Å²) in [5.41, 5.74) is 0.705. The molecule has 18 heavy (non-hydrogen) atoms. The van der Waals surface area contributed by atoms with E-state index in [4.69, 9.17) is 4.74 Å². The molecule has 2 atom stereocenters. The van der Waals surface area contributed by atoms with Gasteiger partial charge in [0.2, 0.25) is 0 Å². The summed E-state index contributed by atoms with van der Waals surface area (Å²) < 4.78 is 7.22. The highest BCUT2D eigenvalue weighted by Crippen LogP contribution is 2.43. The zero-order valence-electron chi connectivity index (χ0n) is 10.5. The molecule has 3 rings (SSSR count). The number of rotatable bonds is 0. The number of nitrogens with zero attached hydrogens (tertiary/aromatic N) is 1. The molecule has 0 bridgehead atoms. The fourth-order valence-corrected chi connectivity index (χ4v) is 3.56. The lowest BCUT2D eigenvalue weighted by atomic mass is 9.83. The highest BCUT2D eigenvalue weighted by molar-refractivity contribution is 9.10. The molecule has 2 aliphatic rings. The molecule has 98 valence electrons. The summed E-state index contributed by atoms with van der Waals surface area (Å²) in [7, 11) is 2.12. The highest BCUT2D eigenvalue weighted by atomic mass is 79.9. The van der Waals surface area contributed by atoms with Gasteiger partial charge >= 0.3 is 0 Å². The maximum atomic E-state index is 10.4. The van der Waals surface area contributed by atoms with Crippen molar-refractivity contribution in [2.45, 2.75) is 31.0 Å². The van der Waals surface area contributed by atoms with Crippen LogP contribution in [0.15, 0.2) is 22.7 Å². The molecule has 1 N–H and O–H groups in total. The van der Waals surface area contributed by atoms with Crippen molar-refractivity contribution in [3.8, 4) is 5.75 Å². The lowest BCUT2D eigenvalue weighted by molar-refractivity contribution is -0.0554. The number of ether oxygens (including phenoxy) is 1. The SMILES string of the molecule is CN1CCCC2(C[C@@H](O)c3cc(Br)ccc3O2)C1. The molecule has 2 heterocycles. The third-order valence-corrected chi connectivity index (χ3v) is 4.45. The molecule has 1 saturated heterocycles. The van der Waals surface area contributed by atoms with Crippen molar-refractivity contribution in [2.75, 3.05) is 20.1 Å². The molecule has 1 spiro atoms. The summed E-state index contributed by atoms with van der Waals surface area (Å²) in [6, 6.07) is 5.88. The molecule has 0 amide bonds. The van der Waals surface area contributed by atoms with E-state index in [0.29, 0.717) is 6.42 Å². The van der Waals surface area contributed by atoms with Crippen molar-refractivity contribution >= 4 is 15.9 Å². The van der Waals surface area contributed by atoms with Gasteiger partial charge in [0.25, 0.3) is 0 Å². The van der Waals surface area contributed by atoms with Gasteiger partial charge in [0.15, 0.2) is 0 Å². The topological polar surface area (TPSA) is 32.7 Å². The number of hydrogen-bond acceptors (Lipinski definition) is 3. The van der Waals surface area contributed by atoms with Crippen LogP contribution >= 0.6 is 15.9 Å². The van der Waals surface area contributed by atoms with E-state index >= 15 is 0 Å². The molecule has 3 nitrogen and oxygen atoms in total. The van der Waals surface area contributed by atoms with Gasteiger partial charge in [-0.25, -0.2) is 0 Å². The average molecular weight is 312 g/mol. The predicted molar refractivity (Wildman–Crippen MR) is 73.8 cm³/mol. The molecule has 0 aromatic heterocycles. The molecule has 1 aromatic rings. The molecule has 2 aliphatic heterocycles. The van der Waals surface area contributed by atoms with Gasteiger partial charge in [-0.3, -0.25) is 0 Å². The number of fused-ring (bicyclic) bond motifs is 1. The lowest BCUT2D eigenvalue weighted by Gasteiger charge is -2.45. The van der Waals surface area contributed by atoms with Crippen molar-refractivity contribution in [2.24, 2.45) is 0 Å². The van der Waals surface area contributed by atoms with Crippen LogP contribution in [-0.4, -0.2) is 35.7 Å². The normalized spacial score (nSPS) is 32.1.